The Labute approximate surface area is 147 Å². The minimum atomic E-state index is -4.69. The minimum Gasteiger partial charge on any atom is -0.278 e. The van der Waals surface area contributed by atoms with Crippen molar-refractivity contribution in [1.29, 1.82) is 0 Å². The fraction of sp³-hybridized carbons (Fsp3) is 0.200. The zero-order valence-electron chi connectivity index (χ0n) is 12.5. The van der Waals surface area contributed by atoms with Crippen LogP contribution in [0.3, 0.4) is 0 Å². The first-order chi connectivity index (χ1) is 10.9. The summed E-state index contributed by atoms with van der Waals surface area (Å²) in [5, 5.41) is -0.686. The van der Waals surface area contributed by atoms with Crippen molar-refractivity contribution in [2.24, 2.45) is 0 Å². The Kier molecular flexibility index (Phi) is 5.09. The molecule has 0 bridgehead atoms. The molecule has 0 saturated carbocycles. The Bertz CT molecular complexity index is 879. The molecule has 0 heterocycles. The second-order valence-electron chi connectivity index (χ2n) is 5.14. The fourth-order valence-electron chi connectivity index (χ4n) is 2.04. The Morgan fingerprint density at radius 3 is 2.08 bits per heavy atom. The summed E-state index contributed by atoms with van der Waals surface area (Å²) < 4.78 is 66.1. The Hall–Kier alpha value is -1.44. The highest BCUT2D eigenvalue weighted by Gasteiger charge is 2.35. The molecule has 130 valence electrons. The van der Waals surface area contributed by atoms with Crippen LogP contribution >= 0.6 is 23.2 Å². The van der Waals surface area contributed by atoms with Gasteiger partial charge in [0.05, 0.1) is 26.2 Å². The molecular formula is C15H12Cl2F3NO2S. The van der Waals surface area contributed by atoms with Gasteiger partial charge in [-0.25, -0.2) is 8.42 Å². The van der Waals surface area contributed by atoms with Crippen molar-refractivity contribution in [3.05, 3.63) is 57.1 Å². The smallest absolute Gasteiger partial charge is 0.278 e. The fourth-order valence-corrected chi connectivity index (χ4v) is 3.68. The number of sulfonamides is 1. The molecule has 0 aliphatic carbocycles. The van der Waals surface area contributed by atoms with Crippen LogP contribution in [-0.4, -0.2) is 8.42 Å². The lowest BCUT2D eigenvalue weighted by Gasteiger charge is -2.18. The average Bonchev–Trinajstić information content (AvgIpc) is 2.46. The maximum absolute atomic E-state index is 13.1. The third-order valence-corrected chi connectivity index (χ3v) is 5.51. The second kappa shape index (κ2) is 6.46. The van der Waals surface area contributed by atoms with Crippen molar-refractivity contribution < 1.29 is 21.6 Å². The molecule has 2 aromatic carbocycles. The molecule has 1 N–H and O–H groups in total. The average molecular weight is 398 g/mol. The summed E-state index contributed by atoms with van der Waals surface area (Å²) in [6.07, 6.45) is -4.69. The van der Waals surface area contributed by atoms with Crippen LogP contribution in [-0.2, 0) is 16.2 Å². The molecule has 2 rings (SSSR count). The molecule has 9 heteroatoms. The molecule has 0 atom stereocenters. The van der Waals surface area contributed by atoms with E-state index in [1.807, 2.05) is 0 Å². The summed E-state index contributed by atoms with van der Waals surface area (Å²) in [7, 11) is -4.11. The lowest BCUT2D eigenvalue weighted by Crippen LogP contribution is -2.16. The molecule has 0 saturated heterocycles. The summed E-state index contributed by atoms with van der Waals surface area (Å²) in [5.74, 6) is 0. The predicted molar refractivity (Wildman–Crippen MR) is 88.2 cm³/mol. The lowest BCUT2D eigenvalue weighted by atomic mass is 10.1. The van der Waals surface area contributed by atoms with E-state index in [4.69, 9.17) is 23.2 Å². The Balaban J connectivity index is 2.57. The largest absolute Gasteiger partial charge is 0.416 e. The van der Waals surface area contributed by atoms with E-state index < -0.39 is 32.5 Å². The van der Waals surface area contributed by atoms with Gasteiger partial charge in [-0.1, -0.05) is 40.9 Å². The first-order valence-corrected chi connectivity index (χ1v) is 8.82. The van der Waals surface area contributed by atoms with Gasteiger partial charge >= 0.3 is 6.18 Å². The molecule has 0 fully saturated rings. The van der Waals surface area contributed by atoms with E-state index in [2.05, 4.69) is 4.72 Å². The van der Waals surface area contributed by atoms with Gasteiger partial charge in [-0.05, 0) is 37.6 Å². The van der Waals surface area contributed by atoms with Crippen LogP contribution in [0.5, 0.6) is 0 Å². The van der Waals surface area contributed by atoms with E-state index in [1.165, 1.54) is 12.1 Å². The molecular weight excluding hydrogens is 386 g/mol. The van der Waals surface area contributed by atoms with Gasteiger partial charge in [0.25, 0.3) is 10.0 Å². The highest BCUT2D eigenvalue weighted by Crippen LogP contribution is 2.42. The normalized spacial score (nSPS) is 12.3. The van der Waals surface area contributed by atoms with E-state index in [0.717, 1.165) is 12.5 Å². The molecule has 0 amide bonds. The summed E-state index contributed by atoms with van der Waals surface area (Å²) >= 11 is 11.6. The van der Waals surface area contributed by atoms with Crippen LogP contribution in [0.25, 0.3) is 0 Å². The van der Waals surface area contributed by atoms with Crippen molar-refractivity contribution in [3.8, 4) is 0 Å². The van der Waals surface area contributed by atoms with E-state index in [0.29, 0.717) is 6.07 Å². The van der Waals surface area contributed by atoms with E-state index in [1.54, 1.807) is 19.1 Å². The first-order valence-electron chi connectivity index (χ1n) is 6.59. The van der Waals surface area contributed by atoms with Crippen LogP contribution in [0, 0.1) is 13.8 Å². The third-order valence-electron chi connectivity index (χ3n) is 3.35. The van der Waals surface area contributed by atoms with Gasteiger partial charge in [0.15, 0.2) is 0 Å². The first kappa shape index (κ1) is 18.9. The van der Waals surface area contributed by atoms with Gasteiger partial charge in [-0.2, -0.15) is 13.2 Å². The summed E-state index contributed by atoms with van der Waals surface area (Å²) in [4.78, 5) is -0.0999. The number of nitrogens with one attached hydrogen (secondary N) is 1. The van der Waals surface area contributed by atoms with Crippen molar-refractivity contribution in [2.75, 3.05) is 4.72 Å². The Morgan fingerprint density at radius 2 is 1.58 bits per heavy atom. The molecule has 0 unspecified atom stereocenters. The highest BCUT2D eigenvalue weighted by atomic mass is 35.5. The molecule has 0 aliphatic heterocycles. The summed E-state index contributed by atoms with van der Waals surface area (Å²) in [6.45, 7) is 2.90. The summed E-state index contributed by atoms with van der Waals surface area (Å²) in [5.41, 5.74) is -0.964. The van der Waals surface area contributed by atoms with Crippen molar-refractivity contribution >= 4 is 38.9 Å². The number of rotatable bonds is 3. The number of hydrogen-bond donors (Lipinski definition) is 1. The Morgan fingerprint density at radius 1 is 1.04 bits per heavy atom. The zero-order chi connectivity index (χ0) is 18.3. The lowest BCUT2D eigenvalue weighted by molar-refractivity contribution is -0.138. The number of halogens is 5. The third kappa shape index (κ3) is 3.79. The number of anilines is 1. The van der Waals surface area contributed by atoms with Crippen LogP contribution in [0.1, 0.15) is 16.7 Å². The molecule has 0 aromatic heterocycles. The molecule has 0 aliphatic rings. The maximum atomic E-state index is 13.1. The SMILES string of the molecule is Cc1ccc(S(=O)(=O)Nc2c(C)c(C(F)(F)F)cc(Cl)c2Cl)cc1. The van der Waals surface area contributed by atoms with Gasteiger partial charge in [0.1, 0.15) is 0 Å². The quantitative estimate of drug-likeness (QED) is 0.750. The topological polar surface area (TPSA) is 46.2 Å². The van der Waals surface area contributed by atoms with Crippen LogP contribution in [0.4, 0.5) is 18.9 Å². The van der Waals surface area contributed by atoms with Crippen LogP contribution in [0.15, 0.2) is 35.2 Å². The molecule has 2 aromatic rings. The number of aryl methyl sites for hydroxylation is 1. The van der Waals surface area contributed by atoms with E-state index in [-0.39, 0.29) is 15.5 Å². The maximum Gasteiger partial charge on any atom is 0.416 e. The minimum absolute atomic E-state index is 0.0999. The highest BCUT2D eigenvalue weighted by molar-refractivity contribution is 7.92. The van der Waals surface area contributed by atoms with Gasteiger partial charge in [0.2, 0.25) is 0 Å². The van der Waals surface area contributed by atoms with Crippen LogP contribution < -0.4 is 4.72 Å². The zero-order valence-corrected chi connectivity index (χ0v) is 14.8. The van der Waals surface area contributed by atoms with Gasteiger partial charge in [-0.3, -0.25) is 4.72 Å². The van der Waals surface area contributed by atoms with Crippen molar-refractivity contribution in [3.63, 3.8) is 0 Å². The second-order valence-corrected chi connectivity index (χ2v) is 7.60. The van der Waals surface area contributed by atoms with Crippen molar-refractivity contribution in [2.45, 2.75) is 24.9 Å². The predicted octanol–water partition coefficient (Wildman–Crippen LogP) is 5.43. The molecule has 0 spiro atoms. The molecule has 0 radical (unpaired) electrons. The number of hydrogen-bond acceptors (Lipinski definition) is 2. The van der Waals surface area contributed by atoms with E-state index >= 15 is 0 Å². The molecule has 3 nitrogen and oxygen atoms in total. The van der Waals surface area contributed by atoms with Crippen molar-refractivity contribution in [1.82, 2.24) is 0 Å². The van der Waals surface area contributed by atoms with E-state index in [9.17, 15) is 21.6 Å². The summed E-state index contributed by atoms with van der Waals surface area (Å²) in [6, 6.07) is 6.50. The molecule has 24 heavy (non-hydrogen) atoms. The van der Waals surface area contributed by atoms with Gasteiger partial charge < -0.3 is 0 Å². The van der Waals surface area contributed by atoms with Gasteiger partial charge in [0, 0.05) is 0 Å². The van der Waals surface area contributed by atoms with Gasteiger partial charge in [-0.15, -0.1) is 0 Å². The number of alkyl halides is 3. The monoisotopic (exact) mass is 397 g/mol. The number of benzene rings is 2. The van der Waals surface area contributed by atoms with Crippen LogP contribution in [0.2, 0.25) is 10.0 Å². The standard InChI is InChI=1S/C15H12Cl2F3NO2S/c1-8-3-5-10(6-4-8)24(22,23)21-14-9(2)11(15(18,19)20)7-12(16)13(14)17/h3-7,21H,1-2H3.